The average molecular weight is 423 g/mol. The number of nitrogens with zero attached hydrogens (tertiary/aromatic N) is 1. The average Bonchev–Trinajstić information content (AvgIpc) is 2.71. The molecule has 0 aliphatic carbocycles. The van der Waals surface area contributed by atoms with Crippen LogP contribution in [0.15, 0.2) is 48.5 Å². The van der Waals surface area contributed by atoms with Crippen LogP contribution in [0.3, 0.4) is 0 Å². The standard InChI is InChI=1S/C20H20ClFN2O5/c1-24(10-11-28-15-8-6-14(21)7-9-15)18(25)13-29-19(26)12-23-20(27)16-4-2-3-5-17(16)22/h2-9H,10-13H2,1H3,(H,23,27). The molecule has 7 nitrogen and oxygen atoms in total. The Hall–Kier alpha value is -3.13. The summed E-state index contributed by atoms with van der Waals surface area (Å²) >= 11 is 5.79. The maximum Gasteiger partial charge on any atom is 0.325 e. The zero-order chi connectivity index (χ0) is 21.2. The fourth-order valence-electron chi connectivity index (χ4n) is 2.15. The summed E-state index contributed by atoms with van der Waals surface area (Å²) in [7, 11) is 1.54. The molecule has 1 N–H and O–H groups in total. The van der Waals surface area contributed by atoms with Gasteiger partial charge in [-0.05, 0) is 36.4 Å². The van der Waals surface area contributed by atoms with E-state index in [4.69, 9.17) is 21.1 Å². The Morgan fingerprint density at radius 3 is 2.48 bits per heavy atom. The van der Waals surface area contributed by atoms with Crippen LogP contribution in [0.25, 0.3) is 0 Å². The van der Waals surface area contributed by atoms with Gasteiger partial charge in [0.2, 0.25) is 0 Å². The molecule has 0 aliphatic rings. The highest BCUT2D eigenvalue weighted by molar-refractivity contribution is 6.30. The predicted molar refractivity (Wildman–Crippen MR) is 104 cm³/mol. The van der Waals surface area contributed by atoms with Crippen molar-refractivity contribution in [2.24, 2.45) is 0 Å². The van der Waals surface area contributed by atoms with Crippen LogP contribution in [0.2, 0.25) is 5.02 Å². The number of carbonyl (C=O) groups is 3. The molecule has 2 rings (SSSR count). The summed E-state index contributed by atoms with van der Waals surface area (Å²) in [6, 6.07) is 12.2. The maximum absolute atomic E-state index is 13.5. The highest BCUT2D eigenvalue weighted by Gasteiger charge is 2.15. The van der Waals surface area contributed by atoms with Gasteiger partial charge in [-0.3, -0.25) is 14.4 Å². The van der Waals surface area contributed by atoms with E-state index in [1.807, 2.05) is 0 Å². The molecule has 0 unspecified atom stereocenters. The molecule has 0 bridgehead atoms. The summed E-state index contributed by atoms with van der Waals surface area (Å²) in [5, 5.41) is 2.84. The van der Waals surface area contributed by atoms with Crippen molar-refractivity contribution >= 4 is 29.4 Å². The molecule has 9 heteroatoms. The molecule has 0 radical (unpaired) electrons. The molecule has 29 heavy (non-hydrogen) atoms. The molecule has 0 heterocycles. The molecule has 0 aromatic heterocycles. The van der Waals surface area contributed by atoms with Crippen LogP contribution in [0.4, 0.5) is 4.39 Å². The van der Waals surface area contributed by atoms with Crippen molar-refractivity contribution in [3.05, 3.63) is 64.9 Å². The second kappa shape index (κ2) is 11.0. The second-order valence-electron chi connectivity index (χ2n) is 5.94. The Morgan fingerprint density at radius 2 is 1.79 bits per heavy atom. The van der Waals surface area contributed by atoms with Crippen molar-refractivity contribution in [3.8, 4) is 5.75 Å². The summed E-state index contributed by atoms with van der Waals surface area (Å²) < 4.78 is 23.8. The number of ether oxygens (including phenoxy) is 2. The van der Waals surface area contributed by atoms with Crippen LogP contribution in [-0.4, -0.2) is 56.0 Å². The van der Waals surface area contributed by atoms with Crippen LogP contribution < -0.4 is 10.1 Å². The van der Waals surface area contributed by atoms with Crippen molar-refractivity contribution < 1.29 is 28.2 Å². The fraction of sp³-hybridized carbons (Fsp3) is 0.250. The molecule has 0 fully saturated rings. The second-order valence-corrected chi connectivity index (χ2v) is 6.38. The first-order chi connectivity index (χ1) is 13.9. The topological polar surface area (TPSA) is 84.9 Å². The number of hydrogen-bond donors (Lipinski definition) is 1. The Bertz CT molecular complexity index is 860. The van der Waals surface area contributed by atoms with Gasteiger partial charge < -0.3 is 19.7 Å². The third-order valence-electron chi connectivity index (χ3n) is 3.80. The Morgan fingerprint density at radius 1 is 1.10 bits per heavy atom. The largest absolute Gasteiger partial charge is 0.492 e. The van der Waals surface area contributed by atoms with Gasteiger partial charge >= 0.3 is 5.97 Å². The monoisotopic (exact) mass is 422 g/mol. The first-order valence-electron chi connectivity index (χ1n) is 8.67. The molecular formula is C20H20ClFN2O5. The summed E-state index contributed by atoms with van der Waals surface area (Å²) in [6.45, 7) is -0.435. The highest BCUT2D eigenvalue weighted by atomic mass is 35.5. The lowest BCUT2D eigenvalue weighted by atomic mass is 10.2. The molecule has 2 aromatic rings. The van der Waals surface area contributed by atoms with Crippen LogP contribution in [0.5, 0.6) is 5.75 Å². The zero-order valence-electron chi connectivity index (χ0n) is 15.7. The summed E-state index contributed by atoms with van der Waals surface area (Å²) in [5.74, 6) is -2.07. The van der Waals surface area contributed by atoms with Crippen LogP contribution in [0, 0.1) is 5.82 Å². The smallest absolute Gasteiger partial charge is 0.325 e. The lowest BCUT2D eigenvalue weighted by Crippen LogP contribution is -2.36. The maximum atomic E-state index is 13.5. The van der Waals surface area contributed by atoms with E-state index in [0.717, 1.165) is 6.07 Å². The van der Waals surface area contributed by atoms with E-state index in [9.17, 15) is 18.8 Å². The minimum Gasteiger partial charge on any atom is -0.492 e. The highest BCUT2D eigenvalue weighted by Crippen LogP contribution is 2.15. The third kappa shape index (κ3) is 7.42. The van der Waals surface area contributed by atoms with E-state index in [-0.39, 0.29) is 18.7 Å². The van der Waals surface area contributed by atoms with E-state index < -0.39 is 36.8 Å². The molecule has 0 saturated heterocycles. The Balaban J connectivity index is 1.65. The minimum absolute atomic E-state index is 0.184. The van der Waals surface area contributed by atoms with Gasteiger partial charge in [-0.1, -0.05) is 23.7 Å². The number of rotatable bonds is 9. The number of likely N-dealkylation sites (N-methyl/N-ethyl adjacent to an activating group) is 1. The van der Waals surface area contributed by atoms with Crippen LogP contribution in [0.1, 0.15) is 10.4 Å². The van der Waals surface area contributed by atoms with Gasteiger partial charge in [-0.15, -0.1) is 0 Å². The SMILES string of the molecule is CN(CCOc1ccc(Cl)cc1)C(=O)COC(=O)CNC(=O)c1ccccc1F. The molecular weight excluding hydrogens is 403 g/mol. The van der Waals surface area contributed by atoms with E-state index in [0.29, 0.717) is 10.8 Å². The van der Waals surface area contributed by atoms with Gasteiger partial charge in [-0.2, -0.15) is 0 Å². The minimum atomic E-state index is -0.811. The van der Waals surface area contributed by atoms with Gasteiger partial charge in [-0.25, -0.2) is 4.39 Å². The van der Waals surface area contributed by atoms with Gasteiger partial charge in [0, 0.05) is 12.1 Å². The van der Waals surface area contributed by atoms with E-state index >= 15 is 0 Å². The summed E-state index contributed by atoms with van der Waals surface area (Å²) in [4.78, 5) is 36.8. The van der Waals surface area contributed by atoms with E-state index in [1.54, 1.807) is 31.3 Å². The predicted octanol–water partition coefficient (Wildman–Crippen LogP) is 2.29. The van der Waals surface area contributed by atoms with E-state index in [1.165, 1.54) is 23.1 Å². The number of halogens is 2. The Kier molecular flexibility index (Phi) is 8.42. The molecule has 2 amide bonds. The zero-order valence-corrected chi connectivity index (χ0v) is 16.4. The molecule has 0 aliphatic heterocycles. The first-order valence-corrected chi connectivity index (χ1v) is 9.05. The van der Waals surface area contributed by atoms with Crippen molar-refractivity contribution in [3.63, 3.8) is 0 Å². The molecule has 0 spiro atoms. The summed E-state index contributed by atoms with van der Waals surface area (Å²) in [5.41, 5.74) is -0.184. The number of hydrogen-bond acceptors (Lipinski definition) is 5. The lowest BCUT2D eigenvalue weighted by molar-refractivity contribution is -0.150. The first kappa shape index (κ1) is 22.2. The fourth-order valence-corrected chi connectivity index (χ4v) is 2.28. The number of esters is 1. The van der Waals surface area contributed by atoms with Crippen molar-refractivity contribution in [1.82, 2.24) is 10.2 Å². The quantitative estimate of drug-likeness (QED) is 0.627. The molecule has 0 saturated carbocycles. The normalized spacial score (nSPS) is 10.2. The molecule has 154 valence electrons. The third-order valence-corrected chi connectivity index (χ3v) is 4.06. The number of benzene rings is 2. The molecule has 0 atom stereocenters. The van der Waals surface area contributed by atoms with Crippen molar-refractivity contribution in [2.75, 3.05) is 33.4 Å². The van der Waals surface area contributed by atoms with Crippen LogP contribution >= 0.6 is 11.6 Å². The van der Waals surface area contributed by atoms with Gasteiger partial charge in [0.05, 0.1) is 12.1 Å². The van der Waals surface area contributed by atoms with Crippen LogP contribution in [-0.2, 0) is 14.3 Å². The van der Waals surface area contributed by atoms with Gasteiger partial charge in [0.25, 0.3) is 11.8 Å². The van der Waals surface area contributed by atoms with E-state index in [2.05, 4.69) is 5.32 Å². The van der Waals surface area contributed by atoms with Gasteiger partial charge in [0.1, 0.15) is 24.7 Å². The Labute approximate surface area is 172 Å². The lowest BCUT2D eigenvalue weighted by Gasteiger charge is -2.17. The number of carbonyl (C=O) groups excluding carboxylic acids is 3. The molecule has 2 aromatic carbocycles. The number of nitrogens with one attached hydrogen (secondary N) is 1. The van der Waals surface area contributed by atoms with Crippen molar-refractivity contribution in [2.45, 2.75) is 0 Å². The van der Waals surface area contributed by atoms with Gasteiger partial charge in [0.15, 0.2) is 6.61 Å². The van der Waals surface area contributed by atoms with Crippen molar-refractivity contribution in [1.29, 1.82) is 0 Å². The summed E-state index contributed by atoms with van der Waals surface area (Å²) in [6.07, 6.45) is 0. The number of amides is 2.